The van der Waals surface area contributed by atoms with Gasteiger partial charge in [0.15, 0.2) is 12.8 Å². The summed E-state index contributed by atoms with van der Waals surface area (Å²) in [6.45, 7) is 5.75. The number of nitrogens with zero attached hydrogens (tertiary/aromatic N) is 1. The third-order valence-electron chi connectivity index (χ3n) is 3.58. The highest BCUT2D eigenvalue weighted by Crippen LogP contribution is 2.17. The minimum Gasteiger partial charge on any atom is -0.468 e. The molecule has 0 aliphatic carbocycles. The summed E-state index contributed by atoms with van der Waals surface area (Å²) in [7, 11) is 1.57. The molecule has 0 bridgehead atoms. The van der Waals surface area contributed by atoms with Crippen LogP contribution in [0.25, 0.3) is 0 Å². The molecule has 1 atom stereocenters. The Kier molecular flexibility index (Phi) is 7.55. The smallest absolute Gasteiger partial charge is 0.331 e. The van der Waals surface area contributed by atoms with Gasteiger partial charge in [0.1, 0.15) is 11.4 Å². The van der Waals surface area contributed by atoms with E-state index in [-0.39, 0.29) is 12.8 Å². The average Bonchev–Trinajstić information content (AvgIpc) is 2.63. The van der Waals surface area contributed by atoms with Crippen molar-refractivity contribution in [2.75, 3.05) is 13.9 Å². The molecule has 2 aromatic carbocycles. The Hall–Kier alpha value is -2.66. The number of hydrogen-bond donors (Lipinski definition) is 0. The number of esters is 1. The lowest BCUT2D eigenvalue weighted by Crippen LogP contribution is -2.32. The summed E-state index contributed by atoms with van der Waals surface area (Å²) < 4.78 is 15.8. The average molecular weight is 369 g/mol. The number of ether oxygens (including phenoxy) is 3. The molecule has 2 aromatic rings. The molecule has 144 valence electrons. The molecular formula is C22H27NO4. The van der Waals surface area contributed by atoms with Crippen molar-refractivity contribution in [3.63, 3.8) is 0 Å². The van der Waals surface area contributed by atoms with E-state index in [4.69, 9.17) is 14.2 Å². The predicted molar refractivity (Wildman–Crippen MR) is 106 cm³/mol. The second-order valence-electron chi connectivity index (χ2n) is 7.14. The van der Waals surface area contributed by atoms with Gasteiger partial charge in [0.25, 0.3) is 0 Å². The first-order chi connectivity index (χ1) is 12.9. The fourth-order valence-electron chi connectivity index (χ4n) is 2.35. The standard InChI is InChI=1S/C22H27NO4/c1-22(2,3)27-21(24)20(23-15-18-8-6-5-7-9-18)14-17-10-12-19(13-11-17)26-16-25-4/h5-13,15,20H,14,16H2,1-4H3/b23-15+/t20-/m0/s1. The van der Waals surface area contributed by atoms with Crippen molar-refractivity contribution in [1.29, 1.82) is 0 Å². The highest BCUT2D eigenvalue weighted by molar-refractivity contribution is 5.84. The SMILES string of the molecule is COCOc1ccc(C[C@H](/N=C/c2ccccc2)C(=O)OC(C)(C)C)cc1. The molecule has 0 spiro atoms. The largest absolute Gasteiger partial charge is 0.468 e. The third-order valence-corrected chi connectivity index (χ3v) is 3.58. The molecule has 5 heteroatoms. The summed E-state index contributed by atoms with van der Waals surface area (Å²) in [6.07, 6.45) is 2.16. The Labute approximate surface area is 161 Å². The fourth-order valence-corrected chi connectivity index (χ4v) is 2.35. The summed E-state index contributed by atoms with van der Waals surface area (Å²) in [6, 6.07) is 16.6. The number of aliphatic imine (C=N–C) groups is 1. The maximum Gasteiger partial charge on any atom is 0.331 e. The van der Waals surface area contributed by atoms with Crippen molar-refractivity contribution >= 4 is 12.2 Å². The van der Waals surface area contributed by atoms with E-state index in [0.29, 0.717) is 12.2 Å². The van der Waals surface area contributed by atoms with Crippen LogP contribution >= 0.6 is 0 Å². The highest BCUT2D eigenvalue weighted by atomic mass is 16.7. The topological polar surface area (TPSA) is 57.1 Å². The zero-order valence-electron chi connectivity index (χ0n) is 16.3. The minimum absolute atomic E-state index is 0.196. The molecule has 0 unspecified atom stereocenters. The van der Waals surface area contributed by atoms with Crippen molar-refractivity contribution < 1.29 is 19.0 Å². The van der Waals surface area contributed by atoms with Gasteiger partial charge in [0.2, 0.25) is 0 Å². The first kappa shape index (κ1) is 20.6. The molecule has 0 saturated carbocycles. The minimum atomic E-state index is -0.616. The normalized spacial score (nSPS) is 12.7. The third kappa shape index (κ3) is 7.62. The monoisotopic (exact) mass is 369 g/mol. The first-order valence-electron chi connectivity index (χ1n) is 8.89. The second kappa shape index (κ2) is 9.88. The Bertz CT molecular complexity index is 733. The van der Waals surface area contributed by atoms with Gasteiger partial charge in [-0.25, -0.2) is 4.79 Å². The number of hydrogen-bond acceptors (Lipinski definition) is 5. The van der Waals surface area contributed by atoms with E-state index in [2.05, 4.69) is 4.99 Å². The van der Waals surface area contributed by atoms with E-state index in [0.717, 1.165) is 11.1 Å². The molecule has 0 fully saturated rings. The van der Waals surface area contributed by atoms with Gasteiger partial charge in [-0.3, -0.25) is 4.99 Å². The fraction of sp³-hybridized carbons (Fsp3) is 0.364. The van der Waals surface area contributed by atoms with Crippen LogP contribution in [0.2, 0.25) is 0 Å². The van der Waals surface area contributed by atoms with Crippen molar-refractivity contribution in [1.82, 2.24) is 0 Å². The first-order valence-corrected chi connectivity index (χ1v) is 8.89. The van der Waals surface area contributed by atoms with Gasteiger partial charge in [-0.2, -0.15) is 0 Å². The van der Waals surface area contributed by atoms with Crippen molar-refractivity contribution in [3.8, 4) is 5.75 Å². The summed E-state index contributed by atoms with van der Waals surface area (Å²) in [5.74, 6) is 0.372. The van der Waals surface area contributed by atoms with Gasteiger partial charge in [0, 0.05) is 19.7 Å². The molecule has 0 aliphatic heterocycles. The van der Waals surface area contributed by atoms with Crippen LogP contribution in [-0.4, -0.2) is 37.7 Å². The lowest BCUT2D eigenvalue weighted by molar-refractivity contribution is -0.156. The molecular weight excluding hydrogens is 342 g/mol. The van der Waals surface area contributed by atoms with Gasteiger partial charge in [-0.15, -0.1) is 0 Å². The Morgan fingerprint density at radius 1 is 1.07 bits per heavy atom. The molecule has 0 saturated heterocycles. The van der Waals surface area contributed by atoms with Crippen LogP contribution in [0.3, 0.4) is 0 Å². The molecule has 27 heavy (non-hydrogen) atoms. The maximum absolute atomic E-state index is 12.6. The van der Waals surface area contributed by atoms with Crippen molar-refractivity contribution in [2.24, 2.45) is 4.99 Å². The second-order valence-corrected chi connectivity index (χ2v) is 7.14. The van der Waals surface area contributed by atoms with Crippen LogP contribution in [0.15, 0.2) is 59.6 Å². The molecule has 5 nitrogen and oxygen atoms in total. The number of carbonyl (C=O) groups excluding carboxylic acids is 1. The van der Waals surface area contributed by atoms with E-state index in [9.17, 15) is 4.79 Å². The molecule has 0 radical (unpaired) electrons. The molecule has 0 heterocycles. The van der Waals surface area contributed by atoms with Crippen LogP contribution in [0.4, 0.5) is 0 Å². The molecule has 0 amide bonds. The van der Waals surface area contributed by atoms with Crippen molar-refractivity contribution in [2.45, 2.75) is 38.8 Å². The van der Waals surface area contributed by atoms with E-state index in [1.165, 1.54) is 0 Å². The van der Waals surface area contributed by atoms with E-state index >= 15 is 0 Å². The highest BCUT2D eigenvalue weighted by Gasteiger charge is 2.24. The van der Waals surface area contributed by atoms with Crippen molar-refractivity contribution in [3.05, 3.63) is 65.7 Å². The van der Waals surface area contributed by atoms with Crippen LogP contribution in [0.1, 0.15) is 31.9 Å². The Morgan fingerprint density at radius 2 is 1.74 bits per heavy atom. The number of carbonyl (C=O) groups is 1. The van der Waals surface area contributed by atoms with Crippen LogP contribution < -0.4 is 4.74 Å². The summed E-state index contributed by atoms with van der Waals surface area (Å²) in [5.41, 5.74) is 1.35. The van der Waals surface area contributed by atoms with Crippen LogP contribution in [0.5, 0.6) is 5.75 Å². The Balaban J connectivity index is 2.13. The lowest BCUT2D eigenvalue weighted by Gasteiger charge is -2.22. The van der Waals surface area contributed by atoms with Crippen LogP contribution in [-0.2, 0) is 20.7 Å². The van der Waals surface area contributed by atoms with Gasteiger partial charge in [-0.1, -0.05) is 42.5 Å². The summed E-state index contributed by atoms with van der Waals surface area (Å²) in [4.78, 5) is 17.1. The summed E-state index contributed by atoms with van der Waals surface area (Å²) in [5, 5.41) is 0. The number of benzene rings is 2. The van der Waals surface area contributed by atoms with Crippen LogP contribution in [0, 0.1) is 0 Å². The molecule has 0 N–H and O–H groups in total. The number of methoxy groups -OCH3 is 1. The summed E-state index contributed by atoms with van der Waals surface area (Å²) >= 11 is 0. The molecule has 0 aliphatic rings. The zero-order valence-corrected chi connectivity index (χ0v) is 16.3. The van der Waals surface area contributed by atoms with E-state index < -0.39 is 11.6 Å². The van der Waals surface area contributed by atoms with Gasteiger partial charge in [-0.05, 0) is 44.0 Å². The van der Waals surface area contributed by atoms with E-state index in [1.54, 1.807) is 13.3 Å². The number of rotatable bonds is 8. The van der Waals surface area contributed by atoms with Gasteiger partial charge in [0.05, 0.1) is 0 Å². The lowest BCUT2D eigenvalue weighted by atomic mass is 10.1. The Morgan fingerprint density at radius 3 is 2.33 bits per heavy atom. The zero-order chi connectivity index (χ0) is 19.7. The molecule has 0 aromatic heterocycles. The van der Waals surface area contributed by atoms with E-state index in [1.807, 2.05) is 75.4 Å². The quantitative estimate of drug-likeness (QED) is 0.400. The maximum atomic E-state index is 12.6. The molecule has 2 rings (SSSR count). The van der Waals surface area contributed by atoms with Gasteiger partial charge < -0.3 is 14.2 Å². The van der Waals surface area contributed by atoms with Gasteiger partial charge >= 0.3 is 5.97 Å². The predicted octanol–water partition coefficient (Wildman–Crippen LogP) is 4.04.